The first-order valence-corrected chi connectivity index (χ1v) is 6.12. The fraction of sp³-hybridized carbons (Fsp3) is 1.00. The monoisotopic (exact) mass is 254 g/mol. The summed E-state index contributed by atoms with van der Waals surface area (Å²) in [5.74, 6) is 0.345. The summed E-state index contributed by atoms with van der Waals surface area (Å²) in [5, 5.41) is 11.9. The summed E-state index contributed by atoms with van der Waals surface area (Å²) in [6, 6.07) is 0. The first-order chi connectivity index (χ1) is 8.01. The van der Waals surface area contributed by atoms with E-state index in [0.717, 1.165) is 25.9 Å². The third-order valence-electron chi connectivity index (χ3n) is 3.01. The van der Waals surface area contributed by atoms with Crippen molar-refractivity contribution in [2.75, 3.05) is 39.3 Å². The molecule has 0 aromatic heterocycles. The Bertz CT molecular complexity index is 205. The van der Waals surface area contributed by atoms with Crippen LogP contribution in [0.25, 0.3) is 0 Å². The van der Waals surface area contributed by atoms with E-state index in [9.17, 15) is 13.2 Å². The molecular formula is C11H21F3N2O. The Kier molecular flexibility index (Phi) is 6.22. The van der Waals surface area contributed by atoms with Gasteiger partial charge in [0, 0.05) is 19.7 Å². The molecule has 0 amide bonds. The predicted molar refractivity (Wildman–Crippen MR) is 59.8 cm³/mol. The summed E-state index contributed by atoms with van der Waals surface area (Å²) >= 11 is 0. The molecule has 1 aliphatic heterocycles. The van der Waals surface area contributed by atoms with Gasteiger partial charge in [0.2, 0.25) is 0 Å². The van der Waals surface area contributed by atoms with Crippen LogP contribution in [0.4, 0.5) is 13.2 Å². The van der Waals surface area contributed by atoms with Gasteiger partial charge in [0.1, 0.15) is 0 Å². The van der Waals surface area contributed by atoms with Gasteiger partial charge in [-0.1, -0.05) is 0 Å². The van der Waals surface area contributed by atoms with Gasteiger partial charge in [-0.05, 0) is 38.3 Å². The molecule has 3 nitrogen and oxygen atoms in total. The van der Waals surface area contributed by atoms with Crippen LogP contribution in [0.1, 0.15) is 19.3 Å². The first-order valence-electron chi connectivity index (χ1n) is 6.12. The summed E-state index contributed by atoms with van der Waals surface area (Å²) in [6.07, 6.45) is -1.87. The number of hydrogen-bond donors (Lipinski definition) is 2. The molecule has 0 unspecified atom stereocenters. The molecule has 0 saturated carbocycles. The van der Waals surface area contributed by atoms with Crippen LogP contribution >= 0.6 is 0 Å². The summed E-state index contributed by atoms with van der Waals surface area (Å²) in [7, 11) is 0. The molecule has 6 heteroatoms. The van der Waals surface area contributed by atoms with E-state index in [0.29, 0.717) is 25.4 Å². The summed E-state index contributed by atoms with van der Waals surface area (Å²) in [4.78, 5) is 1.42. The highest BCUT2D eigenvalue weighted by molar-refractivity contribution is 4.74. The Hall–Kier alpha value is -0.330. The van der Waals surface area contributed by atoms with Crippen molar-refractivity contribution in [3.63, 3.8) is 0 Å². The average molecular weight is 254 g/mol. The third-order valence-corrected chi connectivity index (χ3v) is 3.01. The van der Waals surface area contributed by atoms with E-state index in [1.165, 1.54) is 4.90 Å². The van der Waals surface area contributed by atoms with E-state index in [4.69, 9.17) is 5.11 Å². The van der Waals surface area contributed by atoms with Crippen LogP contribution in [-0.2, 0) is 0 Å². The molecule has 0 atom stereocenters. The number of hydrogen-bond acceptors (Lipinski definition) is 3. The minimum atomic E-state index is -4.15. The molecule has 1 rings (SSSR count). The summed E-state index contributed by atoms with van der Waals surface area (Å²) in [6.45, 7) is 1.67. The van der Waals surface area contributed by atoms with Gasteiger partial charge in [0.05, 0.1) is 6.54 Å². The Labute approximate surface area is 100.0 Å². The van der Waals surface area contributed by atoms with Crippen molar-refractivity contribution in [1.29, 1.82) is 0 Å². The highest BCUT2D eigenvalue weighted by Crippen LogP contribution is 2.20. The van der Waals surface area contributed by atoms with Crippen LogP contribution in [0.15, 0.2) is 0 Å². The molecule has 0 bridgehead atoms. The number of alkyl halides is 3. The van der Waals surface area contributed by atoms with Crippen LogP contribution in [0, 0.1) is 5.92 Å². The average Bonchev–Trinajstić information content (AvgIpc) is 2.25. The molecular weight excluding hydrogens is 233 g/mol. The number of piperidine rings is 1. The summed E-state index contributed by atoms with van der Waals surface area (Å²) in [5.41, 5.74) is 0. The van der Waals surface area contributed by atoms with Crippen LogP contribution < -0.4 is 5.32 Å². The van der Waals surface area contributed by atoms with E-state index in [-0.39, 0.29) is 6.61 Å². The van der Waals surface area contributed by atoms with E-state index in [1.54, 1.807) is 0 Å². The molecule has 0 aromatic carbocycles. The lowest BCUT2D eigenvalue weighted by Crippen LogP contribution is -2.41. The van der Waals surface area contributed by atoms with Gasteiger partial charge in [-0.15, -0.1) is 0 Å². The van der Waals surface area contributed by atoms with Crippen LogP contribution in [-0.4, -0.2) is 55.5 Å². The minimum Gasteiger partial charge on any atom is -0.396 e. The van der Waals surface area contributed by atoms with Gasteiger partial charge in [-0.25, -0.2) is 0 Å². The maximum Gasteiger partial charge on any atom is 0.401 e. The third kappa shape index (κ3) is 6.85. The zero-order valence-corrected chi connectivity index (χ0v) is 9.97. The van der Waals surface area contributed by atoms with Crippen molar-refractivity contribution in [1.82, 2.24) is 10.2 Å². The van der Waals surface area contributed by atoms with Crippen molar-refractivity contribution >= 4 is 0 Å². The van der Waals surface area contributed by atoms with Crippen molar-refractivity contribution in [2.45, 2.75) is 25.4 Å². The zero-order valence-electron chi connectivity index (χ0n) is 9.97. The molecule has 102 valence electrons. The van der Waals surface area contributed by atoms with Gasteiger partial charge < -0.3 is 10.4 Å². The fourth-order valence-corrected chi connectivity index (χ4v) is 2.21. The van der Waals surface area contributed by atoms with Crippen LogP contribution in [0.5, 0.6) is 0 Å². The second kappa shape index (κ2) is 7.18. The maximum atomic E-state index is 12.4. The van der Waals surface area contributed by atoms with Crippen molar-refractivity contribution in [2.24, 2.45) is 5.92 Å². The Balaban J connectivity index is 2.38. The van der Waals surface area contributed by atoms with Crippen LogP contribution in [0.2, 0.25) is 0 Å². The lowest BCUT2D eigenvalue weighted by atomic mass is 9.97. The lowest BCUT2D eigenvalue weighted by Gasteiger charge is -2.30. The molecule has 17 heavy (non-hydrogen) atoms. The van der Waals surface area contributed by atoms with Gasteiger partial charge in [-0.2, -0.15) is 13.2 Å². The highest BCUT2D eigenvalue weighted by atomic mass is 19.4. The zero-order chi connectivity index (χ0) is 12.7. The number of nitrogens with zero attached hydrogens (tertiary/aromatic N) is 1. The lowest BCUT2D eigenvalue weighted by molar-refractivity contribution is -0.147. The second-order valence-electron chi connectivity index (χ2n) is 4.62. The topological polar surface area (TPSA) is 35.5 Å². The first kappa shape index (κ1) is 14.7. The predicted octanol–water partition coefficient (Wildman–Crippen LogP) is 1.23. The molecule has 1 heterocycles. The highest BCUT2D eigenvalue weighted by Gasteiger charge is 2.31. The number of aliphatic hydroxyl groups is 1. The van der Waals surface area contributed by atoms with E-state index in [1.807, 2.05) is 0 Å². The number of halogens is 3. The normalized spacial score (nSPS) is 18.9. The van der Waals surface area contributed by atoms with Crippen molar-refractivity contribution in [3.8, 4) is 0 Å². The standard InChI is InChI=1S/C11H21F3N2O/c12-11(13,14)9-16(6-1-7-17)8-10-2-4-15-5-3-10/h10,15,17H,1-9H2. The minimum absolute atomic E-state index is 0.0550. The SMILES string of the molecule is OCCCN(CC1CCNCC1)CC(F)(F)F. The molecule has 2 N–H and O–H groups in total. The molecule has 0 spiro atoms. The Morgan fingerprint density at radius 2 is 1.88 bits per heavy atom. The molecule has 0 radical (unpaired) electrons. The van der Waals surface area contributed by atoms with E-state index in [2.05, 4.69) is 5.32 Å². The molecule has 1 fully saturated rings. The molecule has 0 aliphatic carbocycles. The van der Waals surface area contributed by atoms with Gasteiger partial charge in [0.15, 0.2) is 0 Å². The molecule has 1 aliphatic rings. The smallest absolute Gasteiger partial charge is 0.396 e. The number of rotatable bonds is 6. The molecule has 0 aromatic rings. The van der Waals surface area contributed by atoms with Gasteiger partial charge in [-0.3, -0.25) is 4.90 Å². The van der Waals surface area contributed by atoms with E-state index < -0.39 is 12.7 Å². The largest absolute Gasteiger partial charge is 0.401 e. The number of aliphatic hydroxyl groups excluding tert-OH is 1. The Morgan fingerprint density at radius 1 is 1.24 bits per heavy atom. The molecule has 1 saturated heterocycles. The van der Waals surface area contributed by atoms with Gasteiger partial charge >= 0.3 is 6.18 Å². The van der Waals surface area contributed by atoms with E-state index >= 15 is 0 Å². The maximum absolute atomic E-state index is 12.4. The fourth-order valence-electron chi connectivity index (χ4n) is 2.21. The quantitative estimate of drug-likeness (QED) is 0.748. The van der Waals surface area contributed by atoms with Crippen molar-refractivity contribution in [3.05, 3.63) is 0 Å². The number of nitrogens with one attached hydrogen (secondary N) is 1. The van der Waals surface area contributed by atoms with Crippen molar-refractivity contribution < 1.29 is 18.3 Å². The summed E-state index contributed by atoms with van der Waals surface area (Å²) < 4.78 is 37.1. The second-order valence-corrected chi connectivity index (χ2v) is 4.62. The Morgan fingerprint density at radius 3 is 2.41 bits per heavy atom. The van der Waals surface area contributed by atoms with Gasteiger partial charge in [0.25, 0.3) is 0 Å². The van der Waals surface area contributed by atoms with Crippen LogP contribution in [0.3, 0.4) is 0 Å².